The molecule has 1 atom stereocenters. The summed E-state index contributed by atoms with van der Waals surface area (Å²) in [6, 6.07) is 5.84. The summed E-state index contributed by atoms with van der Waals surface area (Å²) < 4.78 is 121. The predicted octanol–water partition coefficient (Wildman–Crippen LogP) is 5.40. The number of ether oxygens (including phenoxy) is 1. The number of hydrogen-bond acceptors (Lipinski definition) is 3. The number of Topliss-reactive ketones (excluding diaryl/α,β-unsaturated/α-hetero) is 2. The molecule has 0 N–H and O–H groups in total. The molecule has 0 radical (unpaired) electrons. The van der Waals surface area contributed by atoms with E-state index in [0.29, 0.717) is 0 Å². The standard InChI is InChI=1S/C14H7Cl2F9O3/c15-12(21,22)13(16,23)28-14(24,25)11(19,20)10(17,18)9(27)6-8(26)7-4-2-1-3-5-7/h1-5H,6H2. The van der Waals surface area contributed by atoms with Gasteiger partial charge in [-0.1, -0.05) is 30.3 Å². The third-order valence-corrected chi connectivity index (χ3v) is 3.77. The van der Waals surface area contributed by atoms with Crippen molar-refractivity contribution < 1.29 is 53.8 Å². The number of benzene rings is 1. The van der Waals surface area contributed by atoms with Crippen molar-refractivity contribution in [3.8, 4) is 0 Å². The fourth-order valence-electron chi connectivity index (χ4n) is 1.62. The van der Waals surface area contributed by atoms with E-state index in [1.807, 2.05) is 0 Å². The van der Waals surface area contributed by atoms with Crippen LogP contribution < -0.4 is 0 Å². The molecule has 158 valence electrons. The lowest BCUT2D eigenvalue weighted by molar-refractivity contribution is -0.429. The Morgan fingerprint density at radius 1 is 0.857 bits per heavy atom. The fourth-order valence-corrected chi connectivity index (χ4v) is 1.76. The molecule has 1 aromatic carbocycles. The first kappa shape index (κ1) is 24.5. The van der Waals surface area contributed by atoms with Gasteiger partial charge in [0.15, 0.2) is 5.78 Å². The van der Waals surface area contributed by atoms with Crippen molar-refractivity contribution in [2.75, 3.05) is 0 Å². The molecule has 0 fully saturated rings. The summed E-state index contributed by atoms with van der Waals surface area (Å²) in [4.78, 5) is 23.0. The van der Waals surface area contributed by atoms with Gasteiger partial charge in [-0.15, -0.1) is 0 Å². The van der Waals surface area contributed by atoms with Crippen LogP contribution in [-0.2, 0) is 9.53 Å². The molecule has 0 bridgehead atoms. The maximum atomic E-state index is 13.6. The van der Waals surface area contributed by atoms with E-state index >= 15 is 0 Å². The highest BCUT2D eigenvalue weighted by molar-refractivity contribution is 6.31. The van der Waals surface area contributed by atoms with Crippen LogP contribution in [0.1, 0.15) is 16.8 Å². The Kier molecular flexibility index (Phi) is 6.75. The second-order valence-electron chi connectivity index (χ2n) is 5.17. The monoisotopic (exact) mass is 464 g/mol. The van der Waals surface area contributed by atoms with E-state index in [1.165, 1.54) is 18.2 Å². The number of halogens is 11. The Labute approximate surface area is 160 Å². The third kappa shape index (κ3) is 4.71. The van der Waals surface area contributed by atoms with Crippen LogP contribution in [-0.4, -0.2) is 40.2 Å². The number of ketones is 2. The minimum Gasteiger partial charge on any atom is -0.294 e. The first-order chi connectivity index (χ1) is 12.4. The minimum atomic E-state index is -6.89. The van der Waals surface area contributed by atoms with E-state index in [1.54, 1.807) is 0 Å². The molecule has 0 spiro atoms. The molecule has 0 saturated heterocycles. The van der Waals surface area contributed by atoms with Crippen LogP contribution in [0.15, 0.2) is 30.3 Å². The Morgan fingerprint density at radius 2 is 1.32 bits per heavy atom. The number of carbonyl (C=O) groups excluding carboxylic acids is 2. The van der Waals surface area contributed by atoms with Crippen molar-refractivity contribution in [1.29, 1.82) is 0 Å². The van der Waals surface area contributed by atoms with Gasteiger partial charge in [0, 0.05) is 5.56 Å². The summed E-state index contributed by atoms with van der Waals surface area (Å²) in [5, 5.41) is -11.1. The highest BCUT2D eigenvalue weighted by atomic mass is 35.5. The van der Waals surface area contributed by atoms with Crippen LogP contribution in [0.3, 0.4) is 0 Å². The molecule has 0 aromatic heterocycles. The van der Waals surface area contributed by atoms with Gasteiger partial charge in [-0.25, -0.2) is 0 Å². The van der Waals surface area contributed by atoms with E-state index in [-0.39, 0.29) is 5.56 Å². The second-order valence-corrected chi connectivity index (χ2v) is 6.13. The van der Waals surface area contributed by atoms with Crippen LogP contribution in [0.25, 0.3) is 0 Å². The SMILES string of the molecule is O=C(CC(=O)C(F)(F)C(F)(F)C(F)(F)OC(F)(Cl)C(F)(F)Cl)c1ccccc1. The van der Waals surface area contributed by atoms with Crippen molar-refractivity contribution in [3.63, 3.8) is 0 Å². The van der Waals surface area contributed by atoms with E-state index in [2.05, 4.69) is 27.9 Å². The first-order valence-electron chi connectivity index (χ1n) is 6.76. The van der Waals surface area contributed by atoms with Crippen molar-refractivity contribution in [2.24, 2.45) is 0 Å². The number of carbonyl (C=O) groups is 2. The van der Waals surface area contributed by atoms with Crippen LogP contribution in [0.4, 0.5) is 39.5 Å². The lowest BCUT2D eigenvalue weighted by Crippen LogP contribution is -2.61. The van der Waals surface area contributed by atoms with Gasteiger partial charge in [0.05, 0.1) is 6.42 Å². The largest absolute Gasteiger partial charge is 0.429 e. The van der Waals surface area contributed by atoms with Crippen molar-refractivity contribution in [1.82, 2.24) is 0 Å². The van der Waals surface area contributed by atoms with E-state index < -0.39 is 46.6 Å². The number of alkyl halides is 11. The van der Waals surface area contributed by atoms with Gasteiger partial charge >= 0.3 is 28.6 Å². The van der Waals surface area contributed by atoms with Gasteiger partial charge in [0.2, 0.25) is 5.78 Å². The fraction of sp³-hybridized carbons (Fsp3) is 0.429. The van der Waals surface area contributed by atoms with Crippen LogP contribution in [0.2, 0.25) is 0 Å². The maximum Gasteiger partial charge on any atom is 0.429 e. The lowest BCUT2D eigenvalue weighted by Gasteiger charge is -2.34. The van der Waals surface area contributed by atoms with Crippen LogP contribution in [0.5, 0.6) is 0 Å². The molecule has 28 heavy (non-hydrogen) atoms. The van der Waals surface area contributed by atoms with E-state index in [4.69, 9.17) is 0 Å². The third-order valence-electron chi connectivity index (χ3n) is 3.11. The van der Waals surface area contributed by atoms with Gasteiger partial charge in [-0.3, -0.25) is 14.3 Å². The topological polar surface area (TPSA) is 43.4 Å². The highest BCUT2D eigenvalue weighted by Gasteiger charge is 2.78. The van der Waals surface area contributed by atoms with Gasteiger partial charge in [-0.05, 0) is 23.2 Å². The van der Waals surface area contributed by atoms with Crippen molar-refractivity contribution >= 4 is 34.8 Å². The summed E-state index contributed by atoms with van der Waals surface area (Å²) in [5.74, 6) is -17.7. The lowest BCUT2D eigenvalue weighted by atomic mass is 9.98. The zero-order chi connectivity index (χ0) is 22.2. The zero-order valence-electron chi connectivity index (χ0n) is 13.0. The van der Waals surface area contributed by atoms with Gasteiger partial charge in [0.25, 0.3) is 0 Å². The van der Waals surface area contributed by atoms with Crippen molar-refractivity contribution in [2.45, 2.75) is 35.1 Å². The molecule has 3 nitrogen and oxygen atoms in total. The first-order valence-corrected chi connectivity index (χ1v) is 7.52. The number of rotatable bonds is 9. The van der Waals surface area contributed by atoms with Gasteiger partial charge in [-0.2, -0.15) is 39.5 Å². The summed E-state index contributed by atoms with van der Waals surface area (Å²) in [5.41, 5.74) is -0.386. The second kappa shape index (κ2) is 7.71. The molecule has 0 amide bonds. The molecule has 0 aliphatic heterocycles. The van der Waals surface area contributed by atoms with Crippen molar-refractivity contribution in [3.05, 3.63) is 35.9 Å². The molecule has 0 aliphatic rings. The van der Waals surface area contributed by atoms with Crippen LogP contribution >= 0.6 is 23.2 Å². The Morgan fingerprint density at radius 3 is 1.75 bits per heavy atom. The average Bonchev–Trinajstić information content (AvgIpc) is 2.53. The predicted molar refractivity (Wildman–Crippen MR) is 76.8 cm³/mol. The average molecular weight is 465 g/mol. The summed E-state index contributed by atoms with van der Waals surface area (Å²) in [6.07, 6.45) is -8.70. The van der Waals surface area contributed by atoms with Crippen LogP contribution in [0, 0.1) is 0 Å². The maximum absolute atomic E-state index is 13.6. The Balaban J connectivity index is 3.11. The molecular formula is C14H7Cl2F9O3. The zero-order valence-corrected chi connectivity index (χ0v) is 14.5. The molecule has 1 aromatic rings. The molecule has 0 aliphatic carbocycles. The van der Waals surface area contributed by atoms with E-state index in [0.717, 1.165) is 12.1 Å². The Bertz CT molecular complexity index is 733. The molecule has 1 unspecified atom stereocenters. The molecule has 14 heteroatoms. The summed E-state index contributed by atoms with van der Waals surface area (Å²) >= 11 is 8.08. The summed E-state index contributed by atoms with van der Waals surface area (Å²) in [7, 11) is 0. The smallest absolute Gasteiger partial charge is 0.294 e. The molecule has 0 saturated carbocycles. The number of hydrogen-bond donors (Lipinski definition) is 0. The van der Waals surface area contributed by atoms with E-state index in [9.17, 15) is 49.1 Å². The quantitative estimate of drug-likeness (QED) is 0.212. The molecular weight excluding hydrogens is 458 g/mol. The van der Waals surface area contributed by atoms with Gasteiger partial charge < -0.3 is 0 Å². The normalized spacial score (nSPS) is 15.8. The van der Waals surface area contributed by atoms with Gasteiger partial charge in [0.1, 0.15) is 0 Å². The summed E-state index contributed by atoms with van der Waals surface area (Å²) in [6.45, 7) is 0. The minimum absolute atomic E-state index is 0.386. The Hall–Kier alpha value is -1.53. The molecule has 0 heterocycles. The highest BCUT2D eigenvalue weighted by Crippen LogP contribution is 2.52. The molecule has 1 rings (SSSR count).